The highest BCUT2D eigenvalue weighted by Gasteiger charge is 2.25. The predicted octanol–water partition coefficient (Wildman–Crippen LogP) is 4.79. The third-order valence-electron chi connectivity index (χ3n) is 4.79. The van der Waals surface area contributed by atoms with Crippen LogP contribution in [0.4, 0.5) is 21.6 Å². The van der Waals surface area contributed by atoms with E-state index in [2.05, 4.69) is 28.9 Å². The fourth-order valence-corrected chi connectivity index (χ4v) is 3.49. The molecule has 2 aromatic carbocycles. The van der Waals surface area contributed by atoms with Crippen molar-refractivity contribution in [2.75, 3.05) is 32.1 Å². The molecule has 0 saturated carbocycles. The van der Waals surface area contributed by atoms with Gasteiger partial charge in [0.25, 0.3) is 0 Å². The van der Waals surface area contributed by atoms with Crippen molar-refractivity contribution < 1.29 is 4.39 Å². The molecule has 0 unspecified atom stereocenters. The summed E-state index contributed by atoms with van der Waals surface area (Å²) in [6.07, 6.45) is 2.69. The van der Waals surface area contributed by atoms with Gasteiger partial charge in [-0.15, -0.1) is 0 Å². The van der Waals surface area contributed by atoms with Crippen molar-refractivity contribution in [3.05, 3.63) is 83.8 Å². The second-order valence-electron chi connectivity index (χ2n) is 7.14. The van der Waals surface area contributed by atoms with Gasteiger partial charge >= 0.3 is 0 Å². The highest BCUT2D eigenvalue weighted by Crippen LogP contribution is 2.39. The summed E-state index contributed by atoms with van der Waals surface area (Å²) < 4.78 is 14.3. The molecule has 0 radical (unpaired) electrons. The molecule has 1 aliphatic rings. The summed E-state index contributed by atoms with van der Waals surface area (Å²) in [6.45, 7) is 1.67. The largest absolute Gasteiger partial charge is 0.324 e. The lowest BCUT2D eigenvalue weighted by Crippen LogP contribution is -2.25. The summed E-state index contributed by atoms with van der Waals surface area (Å²) in [5.41, 5.74) is 4.34. The van der Waals surface area contributed by atoms with Gasteiger partial charge in [-0.05, 0) is 57.4 Å². The lowest BCUT2D eigenvalue weighted by Gasteiger charge is -2.26. The second kappa shape index (κ2) is 7.90. The van der Waals surface area contributed by atoms with Crippen LogP contribution in [-0.2, 0) is 0 Å². The molecule has 0 atom stereocenters. The maximum atomic E-state index is 14.3. The quantitative estimate of drug-likeness (QED) is 0.643. The highest BCUT2D eigenvalue weighted by atomic mass is 19.1. The van der Waals surface area contributed by atoms with Crippen LogP contribution in [0, 0.1) is 5.82 Å². The van der Waals surface area contributed by atoms with Crippen LogP contribution in [0.3, 0.4) is 0 Å². The molecule has 5 heteroatoms. The Labute approximate surface area is 165 Å². The van der Waals surface area contributed by atoms with Crippen LogP contribution in [-0.4, -0.2) is 42.8 Å². The van der Waals surface area contributed by atoms with Gasteiger partial charge in [0, 0.05) is 23.9 Å². The van der Waals surface area contributed by atoms with Crippen LogP contribution in [0.5, 0.6) is 0 Å². The lowest BCUT2D eigenvalue weighted by molar-refractivity contribution is 0.402. The van der Waals surface area contributed by atoms with Gasteiger partial charge in [0.1, 0.15) is 11.5 Å². The van der Waals surface area contributed by atoms with Gasteiger partial charge in [-0.3, -0.25) is 0 Å². The topological polar surface area (TPSA) is 31.7 Å². The zero-order valence-corrected chi connectivity index (χ0v) is 16.1. The summed E-state index contributed by atoms with van der Waals surface area (Å²) in [7, 11) is 4.11. The van der Waals surface area contributed by atoms with E-state index in [9.17, 15) is 4.39 Å². The molecule has 0 spiro atoms. The first-order valence-corrected chi connectivity index (χ1v) is 9.45. The molecule has 1 aliphatic heterocycles. The summed E-state index contributed by atoms with van der Waals surface area (Å²) >= 11 is 0. The maximum absolute atomic E-state index is 14.3. The molecule has 0 fully saturated rings. The molecule has 28 heavy (non-hydrogen) atoms. The molecule has 0 bridgehead atoms. The Kier molecular flexibility index (Phi) is 5.17. The van der Waals surface area contributed by atoms with E-state index >= 15 is 0 Å². The maximum Gasteiger partial charge on any atom is 0.159 e. The fourth-order valence-electron chi connectivity index (χ4n) is 3.49. The molecule has 0 saturated heterocycles. The summed E-state index contributed by atoms with van der Waals surface area (Å²) in [4.78, 5) is 13.8. The van der Waals surface area contributed by atoms with Gasteiger partial charge in [0.05, 0.1) is 11.4 Å². The normalized spacial score (nSPS) is 13.0. The molecular formula is C23H23FN4. The monoisotopic (exact) mass is 374 g/mol. The SMILES string of the molecule is CN(C)CCCN1c2cc(F)ccc2C(c2ccccc2)=Nc2cccnc21. The zero-order chi connectivity index (χ0) is 19.5. The van der Waals surface area contributed by atoms with E-state index in [1.54, 1.807) is 12.3 Å². The van der Waals surface area contributed by atoms with E-state index in [1.165, 1.54) is 6.07 Å². The molecular weight excluding hydrogens is 351 g/mol. The Bertz CT molecular complexity index is 998. The van der Waals surface area contributed by atoms with Gasteiger partial charge in [0.15, 0.2) is 5.82 Å². The minimum absolute atomic E-state index is 0.261. The van der Waals surface area contributed by atoms with Crippen molar-refractivity contribution in [2.24, 2.45) is 4.99 Å². The smallest absolute Gasteiger partial charge is 0.159 e. The Hall–Kier alpha value is -3.05. The van der Waals surface area contributed by atoms with E-state index in [0.717, 1.165) is 53.5 Å². The number of halogens is 1. The van der Waals surface area contributed by atoms with E-state index < -0.39 is 0 Å². The van der Waals surface area contributed by atoms with Crippen LogP contribution in [0.2, 0.25) is 0 Å². The Morgan fingerprint density at radius 2 is 1.82 bits per heavy atom. The third-order valence-corrected chi connectivity index (χ3v) is 4.79. The molecule has 0 amide bonds. The van der Waals surface area contributed by atoms with Crippen molar-refractivity contribution in [1.29, 1.82) is 0 Å². The number of benzene rings is 2. The summed E-state index contributed by atoms with van der Waals surface area (Å²) in [5.74, 6) is 0.502. The Morgan fingerprint density at radius 3 is 2.61 bits per heavy atom. The predicted molar refractivity (Wildman–Crippen MR) is 113 cm³/mol. The number of anilines is 2. The van der Waals surface area contributed by atoms with Gasteiger partial charge < -0.3 is 9.80 Å². The molecule has 4 nitrogen and oxygen atoms in total. The van der Waals surface area contributed by atoms with Gasteiger partial charge in [0.2, 0.25) is 0 Å². The van der Waals surface area contributed by atoms with E-state index in [4.69, 9.17) is 4.99 Å². The minimum Gasteiger partial charge on any atom is -0.324 e. The number of rotatable bonds is 5. The van der Waals surface area contributed by atoms with Gasteiger partial charge in [-0.2, -0.15) is 0 Å². The first-order valence-electron chi connectivity index (χ1n) is 9.45. The van der Waals surface area contributed by atoms with Crippen LogP contribution in [0.1, 0.15) is 17.5 Å². The number of hydrogen-bond donors (Lipinski definition) is 0. The van der Waals surface area contributed by atoms with E-state index in [1.807, 2.05) is 48.5 Å². The number of aliphatic imine (C=N–C) groups is 1. The van der Waals surface area contributed by atoms with Crippen molar-refractivity contribution in [3.8, 4) is 0 Å². The van der Waals surface area contributed by atoms with Crippen molar-refractivity contribution in [2.45, 2.75) is 6.42 Å². The molecule has 0 N–H and O–H groups in total. The second-order valence-corrected chi connectivity index (χ2v) is 7.14. The number of aromatic nitrogens is 1. The Morgan fingerprint density at radius 1 is 1.00 bits per heavy atom. The highest BCUT2D eigenvalue weighted by molar-refractivity contribution is 6.18. The van der Waals surface area contributed by atoms with Gasteiger partial charge in [-0.25, -0.2) is 14.4 Å². The minimum atomic E-state index is -0.261. The molecule has 2 heterocycles. The van der Waals surface area contributed by atoms with E-state index in [-0.39, 0.29) is 5.82 Å². The van der Waals surface area contributed by atoms with Crippen LogP contribution < -0.4 is 4.90 Å². The standard InChI is InChI=1S/C23H23FN4/c1-27(2)14-7-15-28-21-16-18(24)11-12-19(21)22(17-8-4-3-5-9-17)26-20-10-6-13-25-23(20)28/h3-6,8-13,16H,7,14-15H2,1-2H3. The number of nitrogens with zero attached hydrogens (tertiary/aromatic N) is 4. The molecule has 0 aliphatic carbocycles. The Balaban J connectivity index is 1.89. The van der Waals surface area contributed by atoms with Crippen molar-refractivity contribution >= 4 is 22.9 Å². The van der Waals surface area contributed by atoms with Crippen molar-refractivity contribution in [3.63, 3.8) is 0 Å². The summed E-state index contributed by atoms with van der Waals surface area (Å²) in [6, 6.07) is 18.8. The summed E-state index contributed by atoms with van der Waals surface area (Å²) in [5, 5.41) is 0. The van der Waals surface area contributed by atoms with Crippen LogP contribution >= 0.6 is 0 Å². The molecule has 1 aromatic heterocycles. The fraction of sp³-hybridized carbons (Fsp3) is 0.217. The molecule has 142 valence electrons. The number of fused-ring (bicyclic) bond motifs is 2. The zero-order valence-electron chi connectivity index (χ0n) is 16.1. The molecule has 4 rings (SSSR count). The van der Waals surface area contributed by atoms with Crippen LogP contribution in [0.25, 0.3) is 0 Å². The average Bonchev–Trinajstić information content (AvgIpc) is 2.83. The first-order chi connectivity index (χ1) is 13.6. The van der Waals surface area contributed by atoms with Crippen molar-refractivity contribution in [1.82, 2.24) is 9.88 Å². The van der Waals surface area contributed by atoms with Gasteiger partial charge in [-0.1, -0.05) is 30.3 Å². The third kappa shape index (κ3) is 3.66. The van der Waals surface area contributed by atoms with E-state index in [0.29, 0.717) is 0 Å². The lowest BCUT2D eigenvalue weighted by atomic mass is 10.00. The average molecular weight is 374 g/mol. The van der Waals surface area contributed by atoms with Crippen LogP contribution in [0.15, 0.2) is 71.9 Å². The number of pyridine rings is 1. The molecule has 3 aromatic rings. The first kappa shape index (κ1) is 18.3. The number of hydrogen-bond acceptors (Lipinski definition) is 4.